The highest BCUT2D eigenvalue weighted by Crippen LogP contribution is 2.45. The molecule has 0 unspecified atom stereocenters. The van der Waals surface area contributed by atoms with Crippen LogP contribution in [0.2, 0.25) is 0 Å². The predicted molar refractivity (Wildman–Crippen MR) is 115 cm³/mol. The quantitative estimate of drug-likeness (QED) is 0.402. The SMILES string of the molecule is CCCCCCC[C@H]1CC[C@H]([C@H]2CC[C@H](c3ccc(C#N)c(F)c3F)CC2)CC1. The molecule has 0 saturated heterocycles. The largest absolute Gasteiger partial charge is 0.203 e. The zero-order valence-corrected chi connectivity index (χ0v) is 18.1. The number of benzene rings is 1. The molecule has 0 bridgehead atoms. The van der Waals surface area contributed by atoms with Gasteiger partial charge in [0.2, 0.25) is 0 Å². The molecule has 2 saturated carbocycles. The molecular formula is C26H37F2N. The molecule has 0 aromatic heterocycles. The summed E-state index contributed by atoms with van der Waals surface area (Å²) in [5, 5.41) is 8.87. The molecule has 0 heterocycles. The van der Waals surface area contributed by atoms with Gasteiger partial charge in [-0.2, -0.15) is 5.26 Å². The minimum Gasteiger partial charge on any atom is -0.203 e. The van der Waals surface area contributed by atoms with E-state index in [-0.39, 0.29) is 11.5 Å². The average Bonchev–Trinajstić information content (AvgIpc) is 2.76. The molecule has 160 valence electrons. The Morgan fingerprint density at radius 3 is 2.07 bits per heavy atom. The number of hydrogen-bond donors (Lipinski definition) is 0. The van der Waals surface area contributed by atoms with E-state index >= 15 is 0 Å². The van der Waals surface area contributed by atoms with Crippen LogP contribution in [-0.2, 0) is 0 Å². The van der Waals surface area contributed by atoms with Crippen LogP contribution in [0.5, 0.6) is 0 Å². The molecule has 0 atom stereocenters. The molecule has 1 aromatic carbocycles. The second-order valence-electron chi connectivity index (χ2n) is 9.54. The highest BCUT2D eigenvalue weighted by atomic mass is 19.2. The summed E-state index contributed by atoms with van der Waals surface area (Å²) < 4.78 is 28.3. The van der Waals surface area contributed by atoms with Gasteiger partial charge in [0.05, 0.1) is 5.56 Å². The van der Waals surface area contributed by atoms with Crippen LogP contribution in [0.4, 0.5) is 8.78 Å². The first-order valence-corrected chi connectivity index (χ1v) is 12.0. The minimum atomic E-state index is -0.972. The Morgan fingerprint density at radius 1 is 0.828 bits per heavy atom. The summed E-state index contributed by atoms with van der Waals surface area (Å²) in [7, 11) is 0. The summed E-state index contributed by atoms with van der Waals surface area (Å²) in [6, 6.07) is 4.79. The van der Waals surface area contributed by atoms with Crippen LogP contribution in [-0.4, -0.2) is 0 Å². The molecule has 0 amide bonds. The summed E-state index contributed by atoms with van der Waals surface area (Å²) >= 11 is 0. The van der Waals surface area contributed by atoms with E-state index in [1.165, 1.54) is 70.3 Å². The van der Waals surface area contributed by atoms with E-state index < -0.39 is 11.6 Å². The van der Waals surface area contributed by atoms with Gasteiger partial charge < -0.3 is 0 Å². The maximum absolute atomic E-state index is 14.4. The standard InChI is InChI=1S/C26H37F2N/c1-2-3-4-5-6-7-19-8-10-20(11-9-19)21-12-14-22(15-13-21)24-17-16-23(18-29)25(27)26(24)28/h16-17,19-22H,2-15H2,1H3/t19-,20-,21-,22-. The van der Waals surface area contributed by atoms with E-state index in [4.69, 9.17) is 5.26 Å². The normalized spacial score (nSPS) is 27.5. The van der Waals surface area contributed by atoms with Gasteiger partial charge in [-0.25, -0.2) is 8.78 Å². The highest BCUT2D eigenvalue weighted by molar-refractivity contribution is 5.36. The van der Waals surface area contributed by atoms with Gasteiger partial charge in [-0.15, -0.1) is 0 Å². The average molecular weight is 402 g/mol. The molecule has 29 heavy (non-hydrogen) atoms. The van der Waals surface area contributed by atoms with Crippen molar-refractivity contribution in [2.75, 3.05) is 0 Å². The lowest BCUT2D eigenvalue weighted by Crippen LogP contribution is -2.25. The third-order valence-corrected chi connectivity index (χ3v) is 7.72. The lowest BCUT2D eigenvalue weighted by atomic mass is 9.68. The maximum Gasteiger partial charge on any atom is 0.176 e. The van der Waals surface area contributed by atoms with Gasteiger partial charge in [-0.1, -0.05) is 64.4 Å². The molecule has 0 aliphatic heterocycles. The maximum atomic E-state index is 14.4. The van der Waals surface area contributed by atoms with Crippen LogP contribution in [0.1, 0.15) is 114 Å². The molecular weight excluding hydrogens is 364 g/mol. The second kappa shape index (κ2) is 11.1. The molecule has 0 spiro atoms. The van der Waals surface area contributed by atoms with Crippen molar-refractivity contribution < 1.29 is 8.78 Å². The fourth-order valence-electron chi connectivity index (χ4n) is 5.85. The summed E-state index contributed by atoms with van der Waals surface area (Å²) in [6.45, 7) is 2.27. The first-order valence-electron chi connectivity index (χ1n) is 12.0. The van der Waals surface area contributed by atoms with Gasteiger partial charge in [0.15, 0.2) is 11.6 Å². The molecule has 2 aliphatic rings. The van der Waals surface area contributed by atoms with E-state index in [2.05, 4.69) is 6.92 Å². The van der Waals surface area contributed by atoms with Gasteiger partial charge in [-0.3, -0.25) is 0 Å². The third kappa shape index (κ3) is 5.80. The summed E-state index contributed by atoms with van der Waals surface area (Å²) in [5.41, 5.74) is 0.286. The van der Waals surface area contributed by atoms with Crippen molar-refractivity contribution >= 4 is 0 Å². The fraction of sp³-hybridized carbons (Fsp3) is 0.731. The first kappa shape index (κ1) is 22.3. The molecule has 1 aromatic rings. The second-order valence-corrected chi connectivity index (χ2v) is 9.54. The zero-order chi connectivity index (χ0) is 20.6. The summed E-state index contributed by atoms with van der Waals surface area (Å²) in [5.74, 6) is 0.887. The zero-order valence-electron chi connectivity index (χ0n) is 18.1. The lowest BCUT2D eigenvalue weighted by Gasteiger charge is -2.38. The van der Waals surface area contributed by atoms with E-state index in [0.29, 0.717) is 5.56 Å². The first-order chi connectivity index (χ1) is 14.1. The Hall–Kier alpha value is -1.43. The molecule has 0 radical (unpaired) electrons. The Balaban J connectivity index is 1.42. The topological polar surface area (TPSA) is 23.8 Å². The van der Waals surface area contributed by atoms with E-state index in [0.717, 1.165) is 43.4 Å². The summed E-state index contributed by atoms with van der Waals surface area (Å²) in [6.07, 6.45) is 18.0. The van der Waals surface area contributed by atoms with Crippen LogP contribution in [0, 0.1) is 40.7 Å². The molecule has 2 aliphatic carbocycles. The Kier molecular flexibility index (Phi) is 8.52. The van der Waals surface area contributed by atoms with Gasteiger partial charge in [0.1, 0.15) is 6.07 Å². The molecule has 3 heteroatoms. The van der Waals surface area contributed by atoms with Crippen LogP contribution < -0.4 is 0 Å². The molecule has 0 N–H and O–H groups in total. The summed E-state index contributed by atoms with van der Waals surface area (Å²) in [4.78, 5) is 0. The van der Waals surface area contributed by atoms with Crippen molar-refractivity contribution in [3.63, 3.8) is 0 Å². The predicted octanol–water partition coefficient (Wildman–Crippen LogP) is 8.28. The van der Waals surface area contributed by atoms with Gasteiger partial charge in [0.25, 0.3) is 0 Å². The van der Waals surface area contributed by atoms with Crippen LogP contribution in [0.15, 0.2) is 12.1 Å². The number of nitriles is 1. The van der Waals surface area contributed by atoms with Gasteiger partial charge in [0, 0.05) is 0 Å². The Labute approximate surface area is 175 Å². The van der Waals surface area contributed by atoms with E-state index in [9.17, 15) is 8.78 Å². The fourth-order valence-corrected chi connectivity index (χ4v) is 5.85. The van der Waals surface area contributed by atoms with Crippen molar-refractivity contribution in [1.29, 1.82) is 5.26 Å². The van der Waals surface area contributed by atoms with Crippen LogP contribution in [0.25, 0.3) is 0 Å². The smallest absolute Gasteiger partial charge is 0.176 e. The monoisotopic (exact) mass is 401 g/mol. The third-order valence-electron chi connectivity index (χ3n) is 7.72. The lowest BCUT2D eigenvalue weighted by molar-refractivity contribution is 0.155. The number of halogens is 2. The van der Waals surface area contributed by atoms with Crippen LogP contribution >= 0.6 is 0 Å². The Bertz CT molecular complexity index is 677. The molecule has 3 rings (SSSR count). The number of unbranched alkanes of at least 4 members (excludes halogenated alkanes) is 4. The van der Waals surface area contributed by atoms with E-state index in [1.54, 1.807) is 12.1 Å². The Morgan fingerprint density at radius 2 is 1.45 bits per heavy atom. The molecule has 1 nitrogen and oxygen atoms in total. The number of hydrogen-bond acceptors (Lipinski definition) is 1. The van der Waals surface area contributed by atoms with Gasteiger partial charge in [-0.05, 0) is 73.8 Å². The van der Waals surface area contributed by atoms with Crippen molar-refractivity contribution in [3.05, 3.63) is 34.9 Å². The van der Waals surface area contributed by atoms with Crippen molar-refractivity contribution in [2.45, 2.75) is 103 Å². The minimum absolute atomic E-state index is 0.105. The van der Waals surface area contributed by atoms with E-state index in [1.807, 2.05) is 0 Å². The van der Waals surface area contributed by atoms with Crippen molar-refractivity contribution in [1.82, 2.24) is 0 Å². The van der Waals surface area contributed by atoms with Gasteiger partial charge >= 0.3 is 0 Å². The molecule has 2 fully saturated rings. The number of rotatable bonds is 8. The highest BCUT2D eigenvalue weighted by Gasteiger charge is 2.32. The van der Waals surface area contributed by atoms with Crippen molar-refractivity contribution in [2.24, 2.45) is 17.8 Å². The number of nitrogens with zero attached hydrogens (tertiary/aromatic N) is 1. The van der Waals surface area contributed by atoms with Crippen molar-refractivity contribution in [3.8, 4) is 6.07 Å². The van der Waals surface area contributed by atoms with Crippen LogP contribution in [0.3, 0.4) is 0 Å².